The summed E-state index contributed by atoms with van der Waals surface area (Å²) in [6.45, 7) is 4.97. The van der Waals surface area contributed by atoms with Crippen molar-refractivity contribution in [1.82, 2.24) is 4.98 Å². The first-order valence-electron chi connectivity index (χ1n) is 7.96. The predicted molar refractivity (Wildman–Crippen MR) is 83.4 cm³/mol. The molecule has 1 unspecified atom stereocenters. The van der Waals surface area contributed by atoms with Crippen molar-refractivity contribution in [2.75, 3.05) is 13.2 Å². The fraction of sp³-hybridized carbons (Fsp3) is 0.750. The Morgan fingerprint density at radius 1 is 1.33 bits per heavy atom. The van der Waals surface area contributed by atoms with E-state index in [4.69, 9.17) is 9.47 Å². The van der Waals surface area contributed by atoms with Gasteiger partial charge in [-0.1, -0.05) is 19.3 Å². The summed E-state index contributed by atoms with van der Waals surface area (Å²) >= 11 is 1.61. The Labute approximate surface area is 130 Å². The molecule has 2 rings (SSSR count). The third kappa shape index (κ3) is 4.78. The average Bonchev–Trinajstić information content (AvgIpc) is 2.94. The molecule has 1 aliphatic carbocycles. The summed E-state index contributed by atoms with van der Waals surface area (Å²) in [5, 5.41) is 2.98. The largest absolute Gasteiger partial charge is 0.466 e. The van der Waals surface area contributed by atoms with Gasteiger partial charge in [0, 0.05) is 12.0 Å². The number of carbonyl (C=O) groups is 1. The second kappa shape index (κ2) is 8.49. The number of hydrogen-bond acceptors (Lipinski definition) is 5. The van der Waals surface area contributed by atoms with E-state index in [0.29, 0.717) is 19.1 Å². The first-order valence-corrected chi connectivity index (χ1v) is 8.84. The first kappa shape index (κ1) is 16.4. The van der Waals surface area contributed by atoms with E-state index in [-0.39, 0.29) is 18.5 Å². The highest BCUT2D eigenvalue weighted by Crippen LogP contribution is 2.38. The van der Waals surface area contributed by atoms with Crippen molar-refractivity contribution in [3.63, 3.8) is 0 Å². The van der Waals surface area contributed by atoms with Crippen LogP contribution < -0.4 is 0 Å². The number of rotatable bonds is 7. The molecule has 0 bridgehead atoms. The second-order valence-corrected chi connectivity index (χ2v) is 6.32. The molecular weight excluding hydrogens is 286 g/mol. The molecular formula is C16H25NO3S. The van der Waals surface area contributed by atoms with E-state index in [2.05, 4.69) is 4.98 Å². The van der Waals surface area contributed by atoms with Gasteiger partial charge in [0.2, 0.25) is 0 Å². The molecule has 0 spiro atoms. The van der Waals surface area contributed by atoms with Gasteiger partial charge in [-0.2, -0.15) is 0 Å². The van der Waals surface area contributed by atoms with Crippen molar-refractivity contribution < 1.29 is 14.3 Å². The topological polar surface area (TPSA) is 48.4 Å². The molecule has 5 heteroatoms. The molecule has 118 valence electrons. The zero-order valence-electron chi connectivity index (χ0n) is 13.0. The van der Waals surface area contributed by atoms with Crippen LogP contribution in [0.1, 0.15) is 62.8 Å². The van der Waals surface area contributed by atoms with Gasteiger partial charge in [-0.05, 0) is 32.6 Å². The summed E-state index contributed by atoms with van der Waals surface area (Å²) in [7, 11) is 0. The van der Waals surface area contributed by atoms with Crippen LogP contribution in [0.5, 0.6) is 0 Å². The van der Waals surface area contributed by atoms with Crippen molar-refractivity contribution in [2.45, 2.75) is 58.5 Å². The van der Waals surface area contributed by atoms with Crippen LogP contribution in [0.25, 0.3) is 0 Å². The zero-order chi connectivity index (χ0) is 15.1. The van der Waals surface area contributed by atoms with Crippen LogP contribution in [-0.2, 0) is 20.7 Å². The molecule has 0 N–H and O–H groups in total. The van der Waals surface area contributed by atoms with Crippen LogP contribution in [0.15, 0.2) is 5.38 Å². The highest BCUT2D eigenvalue weighted by atomic mass is 32.1. The van der Waals surface area contributed by atoms with Gasteiger partial charge in [-0.25, -0.2) is 4.98 Å². The minimum absolute atomic E-state index is 0.0937. The average molecular weight is 311 g/mol. The Kier molecular flexibility index (Phi) is 6.64. The Balaban J connectivity index is 2.02. The Morgan fingerprint density at radius 3 is 2.76 bits per heavy atom. The monoisotopic (exact) mass is 311 g/mol. The van der Waals surface area contributed by atoms with Crippen LogP contribution in [-0.4, -0.2) is 24.2 Å². The van der Waals surface area contributed by atoms with Gasteiger partial charge in [-0.3, -0.25) is 4.79 Å². The maximum atomic E-state index is 11.5. The smallest absolute Gasteiger partial charge is 0.311 e. The van der Waals surface area contributed by atoms with Crippen molar-refractivity contribution in [3.8, 4) is 0 Å². The van der Waals surface area contributed by atoms with Gasteiger partial charge in [0.05, 0.1) is 18.7 Å². The van der Waals surface area contributed by atoms with Crippen LogP contribution in [0.2, 0.25) is 0 Å². The second-order valence-electron chi connectivity index (χ2n) is 5.43. The van der Waals surface area contributed by atoms with Crippen LogP contribution in [0.3, 0.4) is 0 Å². The highest BCUT2D eigenvalue weighted by molar-refractivity contribution is 7.09. The van der Waals surface area contributed by atoms with Gasteiger partial charge < -0.3 is 9.47 Å². The standard InChI is InChI=1S/C16H25NO3S/c1-3-19-14(18)10-13-11-21-16(17-13)15(20-4-2)12-8-6-5-7-9-12/h11-12,15H,3-10H2,1-2H3. The van der Waals surface area contributed by atoms with Gasteiger partial charge in [0.15, 0.2) is 0 Å². The van der Waals surface area contributed by atoms with Crippen molar-refractivity contribution in [3.05, 3.63) is 16.1 Å². The SMILES string of the molecule is CCOC(=O)Cc1csc(C(OCC)C2CCCCC2)n1. The third-order valence-electron chi connectivity index (χ3n) is 3.87. The zero-order valence-corrected chi connectivity index (χ0v) is 13.8. The molecule has 1 atom stereocenters. The van der Waals surface area contributed by atoms with Crippen molar-refractivity contribution >= 4 is 17.3 Å². The minimum Gasteiger partial charge on any atom is -0.466 e. The van der Waals surface area contributed by atoms with Crippen molar-refractivity contribution in [2.24, 2.45) is 5.92 Å². The first-order chi connectivity index (χ1) is 10.2. The lowest BCUT2D eigenvalue weighted by Gasteiger charge is -2.28. The van der Waals surface area contributed by atoms with E-state index in [1.54, 1.807) is 11.3 Å². The molecule has 0 aliphatic heterocycles. The summed E-state index contributed by atoms with van der Waals surface area (Å²) in [4.78, 5) is 16.1. The van der Waals surface area contributed by atoms with Crippen LogP contribution in [0, 0.1) is 5.92 Å². The number of thiazole rings is 1. The van der Waals surface area contributed by atoms with Gasteiger partial charge in [0.25, 0.3) is 0 Å². The maximum Gasteiger partial charge on any atom is 0.311 e. The van der Waals surface area contributed by atoms with Crippen LogP contribution in [0.4, 0.5) is 0 Å². The number of aromatic nitrogens is 1. The molecule has 0 aromatic carbocycles. The van der Waals surface area contributed by atoms with Gasteiger partial charge in [-0.15, -0.1) is 11.3 Å². The lowest BCUT2D eigenvalue weighted by molar-refractivity contribution is -0.142. The Morgan fingerprint density at radius 2 is 2.10 bits per heavy atom. The minimum atomic E-state index is -0.208. The summed E-state index contributed by atoms with van der Waals surface area (Å²) in [6, 6.07) is 0. The molecule has 4 nitrogen and oxygen atoms in total. The third-order valence-corrected chi connectivity index (χ3v) is 4.82. The molecule has 1 saturated carbocycles. The molecule has 1 fully saturated rings. The molecule has 1 aromatic rings. The summed E-state index contributed by atoms with van der Waals surface area (Å²) in [6.07, 6.45) is 6.70. The predicted octanol–water partition coefficient (Wildman–Crippen LogP) is 3.91. The Bertz CT molecular complexity index is 440. The van der Waals surface area contributed by atoms with Gasteiger partial charge >= 0.3 is 5.97 Å². The number of carbonyl (C=O) groups excluding carboxylic acids is 1. The summed E-state index contributed by atoms with van der Waals surface area (Å²) in [5.74, 6) is 0.361. The molecule has 21 heavy (non-hydrogen) atoms. The molecule has 0 radical (unpaired) electrons. The van der Waals surface area contributed by atoms with E-state index in [1.807, 2.05) is 19.2 Å². The van der Waals surface area contributed by atoms with Crippen LogP contribution >= 0.6 is 11.3 Å². The lowest BCUT2D eigenvalue weighted by atomic mass is 9.85. The van der Waals surface area contributed by atoms with Gasteiger partial charge in [0.1, 0.15) is 11.1 Å². The normalized spacial score (nSPS) is 17.6. The Hall–Kier alpha value is -0.940. The summed E-state index contributed by atoms with van der Waals surface area (Å²) in [5.41, 5.74) is 0.800. The summed E-state index contributed by atoms with van der Waals surface area (Å²) < 4.78 is 10.9. The molecule has 1 aromatic heterocycles. The van der Waals surface area contributed by atoms with E-state index >= 15 is 0 Å². The molecule has 1 aliphatic rings. The fourth-order valence-electron chi connectivity index (χ4n) is 2.92. The van der Waals surface area contributed by atoms with E-state index < -0.39 is 0 Å². The molecule has 0 saturated heterocycles. The van der Waals surface area contributed by atoms with E-state index in [1.165, 1.54) is 32.1 Å². The number of esters is 1. The van der Waals surface area contributed by atoms with E-state index in [0.717, 1.165) is 10.7 Å². The number of ether oxygens (including phenoxy) is 2. The quantitative estimate of drug-likeness (QED) is 0.716. The molecule has 1 heterocycles. The number of nitrogens with zero attached hydrogens (tertiary/aromatic N) is 1. The van der Waals surface area contributed by atoms with Crippen molar-refractivity contribution in [1.29, 1.82) is 0 Å². The maximum absolute atomic E-state index is 11.5. The lowest BCUT2D eigenvalue weighted by Crippen LogP contribution is -2.19. The highest BCUT2D eigenvalue weighted by Gasteiger charge is 2.28. The van der Waals surface area contributed by atoms with E-state index in [9.17, 15) is 4.79 Å². The fourth-order valence-corrected chi connectivity index (χ4v) is 3.88. The number of hydrogen-bond donors (Lipinski definition) is 0. The molecule has 0 amide bonds.